The van der Waals surface area contributed by atoms with E-state index in [1.807, 2.05) is 52.0 Å². The van der Waals surface area contributed by atoms with Gasteiger partial charge in [0.15, 0.2) is 0 Å². The summed E-state index contributed by atoms with van der Waals surface area (Å²) in [6, 6.07) is 7.53. The van der Waals surface area contributed by atoms with Crippen LogP contribution in [0.1, 0.15) is 38.6 Å². The molecule has 1 aromatic heterocycles. The Hall–Kier alpha value is -1.95. The van der Waals surface area contributed by atoms with Gasteiger partial charge in [0.05, 0.1) is 23.4 Å². The van der Waals surface area contributed by atoms with Crippen molar-refractivity contribution in [2.24, 2.45) is 11.8 Å². The Labute approximate surface area is 146 Å². The third kappa shape index (κ3) is 4.77. The van der Waals surface area contributed by atoms with Crippen LogP contribution in [0.4, 0.5) is 0 Å². The van der Waals surface area contributed by atoms with Gasteiger partial charge in [-0.15, -0.1) is 11.3 Å². The molecule has 5 nitrogen and oxygen atoms in total. The number of thiazole rings is 1. The van der Waals surface area contributed by atoms with Gasteiger partial charge in [-0.05, 0) is 24.0 Å². The molecular weight excluding hydrogens is 326 g/mol. The average molecular weight is 349 g/mol. The number of carbonyl (C=O) groups is 2. The number of hydrogen-bond acceptors (Lipinski definition) is 6. The lowest BCUT2D eigenvalue weighted by Crippen LogP contribution is -2.28. The van der Waals surface area contributed by atoms with Crippen molar-refractivity contribution in [1.82, 2.24) is 4.98 Å². The fourth-order valence-electron chi connectivity index (χ4n) is 1.98. The van der Waals surface area contributed by atoms with Gasteiger partial charge in [-0.3, -0.25) is 9.59 Å². The minimum atomic E-state index is -1.13. The Kier molecular flexibility index (Phi) is 6.31. The minimum Gasteiger partial charge on any atom is -0.464 e. The molecule has 130 valence electrons. The first kappa shape index (κ1) is 18.4. The molecule has 0 N–H and O–H groups in total. The van der Waals surface area contributed by atoms with Crippen LogP contribution in [0.2, 0.25) is 0 Å². The topological polar surface area (TPSA) is 65.5 Å². The fourth-order valence-corrected chi connectivity index (χ4v) is 3.02. The van der Waals surface area contributed by atoms with Gasteiger partial charge >= 0.3 is 11.9 Å². The predicted octanol–water partition coefficient (Wildman–Crippen LogP) is 3.78. The molecule has 0 bridgehead atoms. The van der Waals surface area contributed by atoms with Crippen LogP contribution < -0.4 is 0 Å². The Morgan fingerprint density at radius 3 is 2.04 bits per heavy atom. The molecule has 2 rings (SSSR count). The number of benzene rings is 1. The molecule has 0 fully saturated rings. The Morgan fingerprint density at radius 2 is 1.54 bits per heavy atom. The molecule has 0 saturated heterocycles. The van der Waals surface area contributed by atoms with Crippen LogP contribution >= 0.6 is 11.3 Å². The van der Waals surface area contributed by atoms with Gasteiger partial charge in [-0.2, -0.15) is 0 Å². The van der Waals surface area contributed by atoms with Crippen LogP contribution in [0.25, 0.3) is 10.2 Å². The molecule has 0 aliphatic heterocycles. The zero-order chi connectivity index (χ0) is 17.7. The summed E-state index contributed by atoms with van der Waals surface area (Å²) in [7, 11) is 0. The lowest BCUT2D eigenvalue weighted by atomic mass is 10.1. The van der Waals surface area contributed by atoms with Crippen LogP contribution in [0.15, 0.2) is 24.3 Å². The highest BCUT2D eigenvalue weighted by Crippen LogP contribution is 2.29. The summed E-state index contributed by atoms with van der Waals surface area (Å²) in [6.07, 6.45) is 0. The zero-order valence-corrected chi connectivity index (χ0v) is 15.3. The Morgan fingerprint density at radius 1 is 1.00 bits per heavy atom. The van der Waals surface area contributed by atoms with E-state index in [0.717, 1.165) is 10.2 Å². The molecule has 0 aliphatic carbocycles. The normalized spacial score (nSPS) is 11.5. The summed E-state index contributed by atoms with van der Waals surface area (Å²) < 4.78 is 11.5. The van der Waals surface area contributed by atoms with Crippen molar-refractivity contribution in [3.8, 4) is 0 Å². The van der Waals surface area contributed by atoms with E-state index in [2.05, 4.69) is 4.98 Å². The molecular formula is C18H23NO4S. The summed E-state index contributed by atoms with van der Waals surface area (Å²) in [6.45, 7) is 8.29. The molecule has 0 unspecified atom stereocenters. The number of hydrogen-bond donors (Lipinski definition) is 0. The van der Waals surface area contributed by atoms with Gasteiger partial charge in [-0.1, -0.05) is 39.8 Å². The van der Waals surface area contributed by atoms with E-state index in [-0.39, 0.29) is 25.0 Å². The van der Waals surface area contributed by atoms with Crippen LogP contribution in [0, 0.1) is 11.8 Å². The van der Waals surface area contributed by atoms with Crippen molar-refractivity contribution >= 4 is 33.5 Å². The van der Waals surface area contributed by atoms with E-state index < -0.39 is 17.9 Å². The van der Waals surface area contributed by atoms with Crippen LogP contribution in [0.5, 0.6) is 0 Å². The number of carbonyl (C=O) groups excluding carboxylic acids is 2. The van der Waals surface area contributed by atoms with Crippen molar-refractivity contribution in [2.75, 3.05) is 13.2 Å². The maximum absolute atomic E-state index is 12.5. The number of fused-ring (bicyclic) bond motifs is 1. The first-order valence-electron chi connectivity index (χ1n) is 8.07. The number of aromatic nitrogens is 1. The van der Waals surface area contributed by atoms with Crippen LogP contribution in [-0.2, 0) is 19.1 Å². The molecule has 0 aliphatic rings. The van der Waals surface area contributed by atoms with E-state index in [4.69, 9.17) is 9.47 Å². The number of para-hydroxylation sites is 1. The van der Waals surface area contributed by atoms with E-state index >= 15 is 0 Å². The molecule has 0 amide bonds. The van der Waals surface area contributed by atoms with E-state index in [1.54, 1.807) is 0 Å². The number of rotatable bonds is 7. The van der Waals surface area contributed by atoms with E-state index in [1.165, 1.54) is 11.3 Å². The van der Waals surface area contributed by atoms with Crippen molar-refractivity contribution in [1.29, 1.82) is 0 Å². The maximum Gasteiger partial charge on any atom is 0.327 e. The maximum atomic E-state index is 12.5. The minimum absolute atomic E-state index is 0.191. The molecule has 1 heterocycles. The molecule has 2 aromatic rings. The van der Waals surface area contributed by atoms with Crippen molar-refractivity contribution in [3.63, 3.8) is 0 Å². The smallest absolute Gasteiger partial charge is 0.327 e. The number of esters is 2. The van der Waals surface area contributed by atoms with E-state index in [0.29, 0.717) is 5.01 Å². The van der Waals surface area contributed by atoms with Crippen molar-refractivity contribution < 1.29 is 19.1 Å². The Bertz CT molecular complexity index is 651. The van der Waals surface area contributed by atoms with E-state index in [9.17, 15) is 9.59 Å². The predicted molar refractivity (Wildman–Crippen MR) is 94.0 cm³/mol. The third-order valence-electron chi connectivity index (χ3n) is 3.15. The summed E-state index contributed by atoms with van der Waals surface area (Å²) in [5.74, 6) is -1.94. The highest BCUT2D eigenvalue weighted by molar-refractivity contribution is 7.18. The fraction of sp³-hybridized carbons (Fsp3) is 0.500. The summed E-state index contributed by atoms with van der Waals surface area (Å²) in [4.78, 5) is 29.3. The molecule has 0 spiro atoms. The molecule has 24 heavy (non-hydrogen) atoms. The Balaban J connectivity index is 2.26. The summed E-state index contributed by atoms with van der Waals surface area (Å²) >= 11 is 1.32. The summed E-state index contributed by atoms with van der Waals surface area (Å²) in [5.41, 5.74) is 0.760. The highest BCUT2D eigenvalue weighted by atomic mass is 32.1. The molecule has 0 radical (unpaired) electrons. The van der Waals surface area contributed by atoms with Gasteiger partial charge in [-0.25, -0.2) is 4.98 Å². The van der Waals surface area contributed by atoms with Crippen LogP contribution in [0.3, 0.4) is 0 Å². The first-order chi connectivity index (χ1) is 11.4. The second kappa shape index (κ2) is 8.24. The molecule has 6 heteroatoms. The number of nitrogens with zero attached hydrogens (tertiary/aromatic N) is 1. The monoisotopic (exact) mass is 349 g/mol. The van der Waals surface area contributed by atoms with Gasteiger partial charge in [0.2, 0.25) is 5.92 Å². The van der Waals surface area contributed by atoms with Crippen molar-refractivity contribution in [3.05, 3.63) is 29.3 Å². The lowest BCUT2D eigenvalue weighted by Gasteiger charge is -2.15. The van der Waals surface area contributed by atoms with Crippen molar-refractivity contribution in [2.45, 2.75) is 33.6 Å². The molecule has 1 aromatic carbocycles. The summed E-state index contributed by atoms with van der Waals surface area (Å²) in [5, 5.41) is 0.415. The highest BCUT2D eigenvalue weighted by Gasteiger charge is 2.35. The zero-order valence-electron chi connectivity index (χ0n) is 14.4. The second-order valence-corrected chi connectivity index (χ2v) is 7.56. The standard InChI is InChI=1S/C18H23NO4S/c1-11(2)9-22-17(20)15(18(21)23-10-12(3)4)16-19-13-7-5-6-8-14(13)24-16/h5-8,11-12,15H,9-10H2,1-4H3. The average Bonchev–Trinajstić information content (AvgIpc) is 2.94. The van der Waals surface area contributed by atoms with Gasteiger partial charge in [0, 0.05) is 0 Å². The second-order valence-electron chi connectivity index (χ2n) is 6.50. The van der Waals surface area contributed by atoms with Crippen LogP contribution in [-0.4, -0.2) is 30.1 Å². The molecule has 0 saturated carbocycles. The molecule has 0 atom stereocenters. The van der Waals surface area contributed by atoms with Gasteiger partial charge in [0.1, 0.15) is 5.01 Å². The van der Waals surface area contributed by atoms with Gasteiger partial charge < -0.3 is 9.47 Å². The third-order valence-corrected chi connectivity index (χ3v) is 4.25. The number of ether oxygens (including phenoxy) is 2. The van der Waals surface area contributed by atoms with Gasteiger partial charge in [0.25, 0.3) is 0 Å². The first-order valence-corrected chi connectivity index (χ1v) is 8.89. The quantitative estimate of drug-likeness (QED) is 0.562. The SMILES string of the molecule is CC(C)COC(=O)C(C(=O)OCC(C)C)c1nc2ccccc2s1. The lowest BCUT2D eigenvalue weighted by molar-refractivity contribution is -0.158. The largest absolute Gasteiger partial charge is 0.464 e.